The third-order valence-electron chi connectivity index (χ3n) is 3.45. The minimum absolute atomic E-state index is 0. The molecule has 1 fully saturated rings. The first kappa shape index (κ1) is 18.2. The number of carbonyl (C=O) groups is 1. The Morgan fingerprint density at radius 3 is 2.68 bits per heavy atom. The van der Waals surface area contributed by atoms with Crippen LogP contribution in [-0.2, 0) is 11.3 Å². The minimum Gasteiger partial charge on any atom is -0.349 e. The van der Waals surface area contributed by atoms with Gasteiger partial charge in [0.1, 0.15) is 0 Å². The lowest BCUT2D eigenvalue weighted by atomic mass is 9.96. The molecule has 0 radical (unpaired) electrons. The maximum Gasteiger partial charge on any atom is 0.222 e. The van der Waals surface area contributed by atoms with Crippen molar-refractivity contribution in [3.05, 3.63) is 18.5 Å². The molecule has 1 unspecified atom stereocenters. The quantitative estimate of drug-likeness (QED) is 0.833. The lowest BCUT2D eigenvalue weighted by Gasteiger charge is -2.29. The number of aromatic nitrogens is 2. The molecule has 1 aliphatic rings. The zero-order valence-electron chi connectivity index (χ0n) is 11.0. The van der Waals surface area contributed by atoms with Crippen LogP contribution >= 0.6 is 24.8 Å². The first-order valence-corrected chi connectivity index (χ1v) is 6.12. The minimum atomic E-state index is -0.221. The van der Waals surface area contributed by atoms with Gasteiger partial charge in [-0.3, -0.25) is 9.48 Å². The zero-order chi connectivity index (χ0) is 12.3. The summed E-state index contributed by atoms with van der Waals surface area (Å²) in [5.74, 6) is 0.613. The summed E-state index contributed by atoms with van der Waals surface area (Å²) in [6, 6.07) is 1.85. The summed E-state index contributed by atoms with van der Waals surface area (Å²) in [5.41, 5.74) is 5.53. The van der Waals surface area contributed by atoms with E-state index in [0.29, 0.717) is 25.4 Å². The fourth-order valence-electron chi connectivity index (χ4n) is 2.07. The predicted molar refractivity (Wildman–Crippen MR) is 79.7 cm³/mol. The smallest absolute Gasteiger partial charge is 0.222 e. The van der Waals surface area contributed by atoms with E-state index in [1.165, 1.54) is 12.8 Å². The number of nitrogens with zero attached hydrogens (tertiary/aromatic N) is 2. The van der Waals surface area contributed by atoms with Gasteiger partial charge < -0.3 is 11.1 Å². The summed E-state index contributed by atoms with van der Waals surface area (Å²) in [6.07, 6.45) is 6.37. The van der Waals surface area contributed by atoms with Crippen molar-refractivity contribution in [2.45, 2.75) is 38.3 Å². The number of hydrogen-bond donors (Lipinski definition) is 2. The van der Waals surface area contributed by atoms with Crippen LogP contribution in [0.1, 0.15) is 26.2 Å². The van der Waals surface area contributed by atoms with Crippen molar-refractivity contribution >= 4 is 30.7 Å². The second-order valence-electron chi connectivity index (χ2n) is 4.96. The van der Waals surface area contributed by atoms with E-state index >= 15 is 0 Å². The molecule has 3 N–H and O–H groups in total. The number of nitrogens with one attached hydrogen (secondary N) is 1. The molecule has 110 valence electrons. The molecule has 0 bridgehead atoms. The van der Waals surface area contributed by atoms with Gasteiger partial charge in [0.2, 0.25) is 5.91 Å². The Hall–Kier alpha value is -0.780. The Kier molecular flexibility index (Phi) is 7.41. The van der Waals surface area contributed by atoms with Crippen molar-refractivity contribution in [1.82, 2.24) is 15.1 Å². The Balaban J connectivity index is 0.00000162. The summed E-state index contributed by atoms with van der Waals surface area (Å²) in [7, 11) is 0. The Morgan fingerprint density at radius 1 is 1.53 bits per heavy atom. The SMILES string of the molecule is CC(CN)(NC(=O)CCn1cccn1)C1CC1.Cl.Cl. The first-order chi connectivity index (χ1) is 8.14. The van der Waals surface area contributed by atoms with Crippen molar-refractivity contribution in [3.8, 4) is 0 Å². The van der Waals surface area contributed by atoms with Crippen molar-refractivity contribution in [2.24, 2.45) is 11.7 Å². The van der Waals surface area contributed by atoms with Gasteiger partial charge in [0.15, 0.2) is 0 Å². The fraction of sp³-hybridized carbons (Fsp3) is 0.667. The molecule has 5 nitrogen and oxygen atoms in total. The second-order valence-corrected chi connectivity index (χ2v) is 4.96. The average molecular weight is 309 g/mol. The molecule has 0 spiro atoms. The number of amides is 1. The van der Waals surface area contributed by atoms with Crippen LogP contribution < -0.4 is 11.1 Å². The average Bonchev–Trinajstić information content (AvgIpc) is 3.05. The lowest BCUT2D eigenvalue weighted by Crippen LogP contribution is -2.53. The summed E-state index contributed by atoms with van der Waals surface area (Å²) in [4.78, 5) is 11.8. The Labute approximate surface area is 126 Å². The molecule has 1 aromatic heterocycles. The van der Waals surface area contributed by atoms with Gasteiger partial charge in [-0.1, -0.05) is 0 Å². The maximum atomic E-state index is 11.8. The topological polar surface area (TPSA) is 72.9 Å². The van der Waals surface area contributed by atoms with E-state index in [1.54, 1.807) is 10.9 Å². The number of halogens is 2. The van der Waals surface area contributed by atoms with Crippen LogP contribution in [-0.4, -0.2) is 27.8 Å². The normalized spacial score (nSPS) is 16.7. The van der Waals surface area contributed by atoms with E-state index in [1.807, 2.05) is 19.2 Å². The van der Waals surface area contributed by atoms with Crippen LogP contribution in [0.3, 0.4) is 0 Å². The lowest BCUT2D eigenvalue weighted by molar-refractivity contribution is -0.123. The van der Waals surface area contributed by atoms with E-state index in [2.05, 4.69) is 10.4 Å². The maximum absolute atomic E-state index is 11.8. The van der Waals surface area contributed by atoms with Gasteiger partial charge in [0.25, 0.3) is 0 Å². The summed E-state index contributed by atoms with van der Waals surface area (Å²) in [6.45, 7) is 3.16. The molecule has 19 heavy (non-hydrogen) atoms. The molecule has 1 amide bonds. The van der Waals surface area contributed by atoms with Gasteiger partial charge in [-0.15, -0.1) is 24.8 Å². The van der Waals surface area contributed by atoms with E-state index in [4.69, 9.17) is 5.73 Å². The molecular weight excluding hydrogens is 287 g/mol. The number of hydrogen-bond acceptors (Lipinski definition) is 3. The van der Waals surface area contributed by atoms with Gasteiger partial charge in [-0.2, -0.15) is 5.10 Å². The highest BCUT2D eigenvalue weighted by atomic mass is 35.5. The van der Waals surface area contributed by atoms with E-state index in [9.17, 15) is 4.79 Å². The van der Waals surface area contributed by atoms with E-state index in [0.717, 1.165) is 0 Å². The first-order valence-electron chi connectivity index (χ1n) is 6.12. The van der Waals surface area contributed by atoms with Gasteiger partial charge in [-0.05, 0) is 31.7 Å². The predicted octanol–water partition coefficient (Wildman–Crippen LogP) is 1.36. The molecule has 7 heteroatoms. The molecule has 1 aromatic rings. The van der Waals surface area contributed by atoms with Crippen LogP contribution in [0.25, 0.3) is 0 Å². The third kappa shape index (κ3) is 5.01. The molecule has 2 rings (SSSR count). The van der Waals surface area contributed by atoms with Gasteiger partial charge >= 0.3 is 0 Å². The van der Waals surface area contributed by atoms with Crippen LogP contribution in [0.2, 0.25) is 0 Å². The molecular formula is C12H22Cl2N4O. The largest absolute Gasteiger partial charge is 0.349 e. The Bertz CT molecular complexity index is 381. The number of rotatable bonds is 6. The summed E-state index contributed by atoms with van der Waals surface area (Å²) in [5, 5.41) is 7.13. The standard InChI is InChI=1S/C12H20N4O.2ClH/c1-12(9-13,10-3-4-10)15-11(17)5-8-16-7-2-6-14-16;;/h2,6-7,10H,3-5,8-9,13H2,1H3,(H,15,17);2*1H. The van der Waals surface area contributed by atoms with Crippen LogP contribution in [0.5, 0.6) is 0 Å². The zero-order valence-corrected chi connectivity index (χ0v) is 12.7. The number of aryl methyl sites for hydroxylation is 1. The highest BCUT2D eigenvalue weighted by Crippen LogP contribution is 2.38. The molecule has 1 heterocycles. The van der Waals surface area contributed by atoms with Crippen molar-refractivity contribution in [1.29, 1.82) is 0 Å². The monoisotopic (exact) mass is 308 g/mol. The summed E-state index contributed by atoms with van der Waals surface area (Å²) < 4.78 is 1.76. The van der Waals surface area contributed by atoms with Gasteiger partial charge in [-0.25, -0.2) is 0 Å². The highest BCUT2D eigenvalue weighted by Gasteiger charge is 2.41. The van der Waals surface area contributed by atoms with Crippen LogP contribution in [0.15, 0.2) is 18.5 Å². The third-order valence-corrected chi connectivity index (χ3v) is 3.45. The van der Waals surface area contributed by atoms with Crippen molar-refractivity contribution < 1.29 is 4.79 Å². The number of nitrogens with two attached hydrogens (primary N) is 1. The molecule has 1 aliphatic carbocycles. The van der Waals surface area contributed by atoms with Crippen molar-refractivity contribution in [3.63, 3.8) is 0 Å². The van der Waals surface area contributed by atoms with E-state index < -0.39 is 0 Å². The molecule has 0 aromatic carbocycles. The number of carbonyl (C=O) groups excluding carboxylic acids is 1. The molecule has 1 saturated carbocycles. The highest BCUT2D eigenvalue weighted by molar-refractivity contribution is 5.85. The molecule has 1 atom stereocenters. The van der Waals surface area contributed by atoms with Gasteiger partial charge in [0.05, 0.1) is 5.54 Å². The molecule has 0 aliphatic heterocycles. The van der Waals surface area contributed by atoms with Crippen molar-refractivity contribution in [2.75, 3.05) is 6.54 Å². The van der Waals surface area contributed by atoms with E-state index in [-0.39, 0.29) is 36.3 Å². The summed E-state index contributed by atoms with van der Waals surface area (Å²) >= 11 is 0. The van der Waals surface area contributed by atoms with Crippen LogP contribution in [0.4, 0.5) is 0 Å². The van der Waals surface area contributed by atoms with Gasteiger partial charge in [0, 0.05) is 31.9 Å². The fourth-order valence-corrected chi connectivity index (χ4v) is 2.07. The Morgan fingerprint density at radius 2 is 2.21 bits per heavy atom. The molecule has 0 saturated heterocycles. The second kappa shape index (κ2) is 7.72. The van der Waals surface area contributed by atoms with Crippen LogP contribution in [0, 0.1) is 5.92 Å².